The van der Waals surface area contributed by atoms with Crippen LogP contribution in [0, 0.1) is 6.92 Å². The third-order valence-corrected chi connectivity index (χ3v) is 7.06. The molecule has 3 rings (SSSR count). The number of hydrogen-bond acceptors (Lipinski definition) is 11. The van der Waals surface area contributed by atoms with Crippen molar-refractivity contribution in [2.45, 2.75) is 51.0 Å². The van der Waals surface area contributed by atoms with Gasteiger partial charge in [-0.15, -0.1) is 0 Å². The van der Waals surface area contributed by atoms with E-state index >= 15 is 0 Å². The first-order chi connectivity index (χ1) is 17.9. The van der Waals surface area contributed by atoms with E-state index < -0.39 is 61.8 Å². The van der Waals surface area contributed by atoms with Gasteiger partial charge in [-0.3, -0.25) is 23.7 Å². The molecule has 0 saturated carbocycles. The predicted octanol–water partition coefficient (Wildman–Crippen LogP) is 0.847. The summed E-state index contributed by atoms with van der Waals surface area (Å²) in [6, 6.07) is 6.59. The van der Waals surface area contributed by atoms with Gasteiger partial charge >= 0.3 is 19.4 Å². The van der Waals surface area contributed by atoms with Crippen LogP contribution in [0.3, 0.4) is 0 Å². The molecule has 1 unspecified atom stereocenters. The molecule has 0 bridgehead atoms. The van der Waals surface area contributed by atoms with E-state index in [9.17, 15) is 29.2 Å². The molecule has 2 aromatic rings. The summed E-state index contributed by atoms with van der Waals surface area (Å²) in [6.07, 6.45) is -4.40. The first-order valence-corrected chi connectivity index (χ1v) is 12.9. The Hall–Kier alpha value is -3.49. The molecule has 0 amide bonds. The minimum Gasteiger partial charge on any atom is -0.465 e. The van der Waals surface area contributed by atoms with E-state index in [0.717, 1.165) is 10.8 Å². The maximum absolute atomic E-state index is 13.7. The highest BCUT2D eigenvalue weighted by atomic mass is 31.2. The lowest BCUT2D eigenvalue weighted by molar-refractivity contribution is -0.144. The van der Waals surface area contributed by atoms with Crippen LogP contribution in [-0.2, 0) is 23.4 Å². The summed E-state index contributed by atoms with van der Waals surface area (Å²) >= 11 is 0. The zero-order valence-corrected chi connectivity index (χ0v) is 21.5. The van der Waals surface area contributed by atoms with Crippen LogP contribution in [0.4, 0.5) is 0 Å². The van der Waals surface area contributed by atoms with Gasteiger partial charge < -0.3 is 24.2 Å². The molecule has 1 saturated heterocycles. The number of H-pyrrole nitrogens is 1. The van der Waals surface area contributed by atoms with Crippen molar-refractivity contribution in [2.24, 2.45) is 5.11 Å². The molecule has 38 heavy (non-hydrogen) atoms. The number of azide groups is 1. The maximum atomic E-state index is 13.7. The number of benzene rings is 1. The fraction of sp³-hybridized carbons (Fsp3) is 0.476. The van der Waals surface area contributed by atoms with Crippen LogP contribution in [-0.4, -0.2) is 62.9 Å². The Balaban J connectivity index is 1.93. The third kappa shape index (κ3) is 6.31. The summed E-state index contributed by atoms with van der Waals surface area (Å²) in [5.74, 6) is -0.684. The summed E-state index contributed by atoms with van der Waals surface area (Å²) in [7, 11) is -4.48. The van der Waals surface area contributed by atoms with Crippen LogP contribution in [0.5, 0.6) is 5.75 Å². The van der Waals surface area contributed by atoms with Crippen molar-refractivity contribution >= 4 is 13.7 Å². The minimum absolute atomic E-state index is 0.0540. The second-order valence-corrected chi connectivity index (χ2v) is 9.93. The average Bonchev–Trinajstić information content (AvgIpc) is 3.11. The van der Waals surface area contributed by atoms with Crippen molar-refractivity contribution in [1.82, 2.24) is 14.6 Å². The van der Waals surface area contributed by atoms with Gasteiger partial charge in [0.1, 0.15) is 24.0 Å². The van der Waals surface area contributed by atoms with Crippen molar-refractivity contribution < 1.29 is 38.1 Å². The van der Waals surface area contributed by atoms with E-state index in [1.54, 1.807) is 25.1 Å². The van der Waals surface area contributed by atoms with E-state index in [2.05, 4.69) is 15.1 Å². The molecule has 16 nitrogen and oxygen atoms in total. The number of aryl methyl sites for hydroxylation is 1. The van der Waals surface area contributed by atoms with Crippen LogP contribution in [0.25, 0.3) is 10.4 Å². The summed E-state index contributed by atoms with van der Waals surface area (Å²) in [6.45, 7) is 3.41. The molecule has 0 aliphatic carbocycles. The molecule has 4 N–H and O–H groups in total. The van der Waals surface area contributed by atoms with E-state index in [1.165, 1.54) is 26.0 Å². The highest BCUT2D eigenvalue weighted by Gasteiger charge is 2.56. The second-order valence-electron chi connectivity index (χ2n) is 8.23. The molecule has 1 aliphatic heterocycles. The second kappa shape index (κ2) is 11.9. The molecular formula is C21H27N6O10P. The van der Waals surface area contributed by atoms with Gasteiger partial charge in [0.2, 0.25) is 5.72 Å². The first-order valence-electron chi connectivity index (χ1n) is 11.3. The highest BCUT2D eigenvalue weighted by Crippen LogP contribution is 2.48. The highest BCUT2D eigenvalue weighted by molar-refractivity contribution is 7.52. The van der Waals surface area contributed by atoms with Crippen molar-refractivity contribution in [3.63, 3.8) is 0 Å². The van der Waals surface area contributed by atoms with Crippen molar-refractivity contribution in [3.8, 4) is 5.75 Å². The number of esters is 1. The molecule has 1 aromatic carbocycles. The molecule has 17 heteroatoms. The zero-order valence-electron chi connectivity index (χ0n) is 20.6. The minimum atomic E-state index is -4.48. The Labute approximate surface area is 215 Å². The van der Waals surface area contributed by atoms with Crippen LogP contribution in [0.1, 0.15) is 25.6 Å². The molecule has 1 fully saturated rings. The number of carbonyl (C=O) groups is 1. The topological polar surface area (TPSA) is 227 Å². The number of para-hydroxylation sites is 1. The number of ether oxygens (including phenoxy) is 2. The lowest BCUT2D eigenvalue weighted by Gasteiger charge is -2.29. The zero-order chi connectivity index (χ0) is 28.1. The Kier molecular flexibility index (Phi) is 9.12. The number of carbonyl (C=O) groups excluding carboxylic acids is 1. The Morgan fingerprint density at radius 2 is 2.05 bits per heavy atom. The van der Waals surface area contributed by atoms with E-state index in [-0.39, 0.29) is 17.9 Å². The van der Waals surface area contributed by atoms with Gasteiger partial charge in [-0.2, -0.15) is 5.09 Å². The molecular weight excluding hydrogens is 527 g/mol. The number of aromatic nitrogens is 2. The summed E-state index contributed by atoms with van der Waals surface area (Å²) < 4.78 is 35.9. The normalized spacial score (nSPS) is 25.1. The number of aromatic amines is 1. The maximum Gasteiger partial charge on any atom is 0.459 e. The molecule has 6 atom stereocenters. The third-order valence-electron chi connectivity index (χ3n) is 5.44. The number of rotatable bonds is 11. The number of aliphatic hydroxyl groups is 2. The van der Waals surface area contributed by atoms with Crippen LogP contribution in [0.15, 0.2) is 51.2 Å². The fourth-order valence-corrected chi connectivity index (χ4v) is 5.03. The number of hydrogen-bond donors (Lipinski definition) is 4. The molecule has 2 heterocycles. The van der Waals surface area contributed by atoms with E-state index in [0.29, 0.717) is 0 Å². The molecule has 1 aliphatic rings. The standard InChI is InChI=1S/C21H27N6O10P/c1-4-34-19(31)13(3)24-38(33,37-14-8-6-5-7-9-14)35-11-21(25-26-22)16(29)15(28)18(36-21)27-10-12(2)17(30)23-20(27)32/h5-10,13,15-16,18,28-29H,4,11H2,1-3H3,(H,24,33)(H,23,30,32)/t13-,15+,16-,18+,21+,38?/m0/s1. The van der Waals surface area contributed by atoms with Crippen molar-refractivity contribution in [3.05, 3.63) is 73.4 Å². The predicted molar refractivity (Wildman–Crippen MR) is 130 cm³/mol. The van der Waals surface area contributed by atoms with Crippen molar-refractivity contribution in [2.75, 3.05) is 13.2 Å². The van der Waals surface area contributed by atoms with Gasteiger partial charge in [-0.05, 0) is 38.4 Å². The van der Waals surface area contributed by atoms with E-state index in [4.69, 9.17) is 24.1 Å². The molecule has 206 valence electrons. The van der Waals surface area contributed by atoms with Gasteiger partial charge in [0, 0.05) is 16.7 Å². The quantitative estimate of drug-likeness (QED) is 0.100. The molecule has 0 spiro atoms. The van der Waals surface area contributed by atoms with Crippen molar-refractivity contribution in [1.29, 1.82) is 0 Å². The van der Waals surface area contributed by atoms with Gasteiger partial charge in [0.25, 0.3) is 5.56 Å². The average molecular weight is 554 g/mol. The van der Waals surface area contributed by atoms with Crippen LogP contribution in [0.2, 0.25) is 0 Å². The largest absolute Gasteiger partial charge is 0.465 e. The number of nitrogens with one attached hydrogen (secondary N) is 2. The summed E-state index contributed by atoms with van der Waals surface area (Å²) in [5.41, 5.74) is 5.19. The first kappa shape index (κ1) is 29.1. The lowest BCUT2D eigenvalue weighted by atomic mass is 10.1. The van der Waals surface area contributed by atoms with Crippen LogP contribution < -0.4 is 20.9 Å². The van der Waals surface area contributed by atoms with Gasteiger partial charge in [0.15, 0.2) is 6.23 Å². The molecule has 0 radical (unpaired) electrons. The lowest BCUT2D eigenvalue weighted by Crippen LogP contribution is -2.45. The monoisotopic (exact) mass is 554 g/mol. The Morgan fingerprint density at radius 1 is 1.37 bits per heavy atom. The van der Waals surface area contributed by atoms with E-state index in [1.807, 2.05) is 4.98 Å². The molecule has 1 aromatic heterocycles. The summed E-state index contributed by atoms with van der Waals surface area (Å²) in [4.78, 5) is 40.9. The van der Waals surface area contributed by atoms with Gasteiger partial charge in [-0.25, -0.2) is 9.36 Å². The smallest absolute Gasteiger partial charge is 0.459 e. The number of nitrogens with zero attached hydrogens (tertiary/aromatic N) is 4. The Bertz CT molecular complexity index is 1360. The number of aliphatic hydroxyl groups excluding tert-OH is 2. The van der Waals surface area contributed by atoms with Crippen LogP contribution >= 0.6 is 7.75 Å². The van der Waals surface area contributed by atoms with Gasteiger partial charge in [-0.1, -0.05) is 23.3 Å². The van der Waals surface area contributed by atoms with Gasteiger partial charge in [0.05, 0.1) is 13.2 Å². The SMILES string of the molecule is CCOC(=O)[C@H](C)NP(=O)(OC[C@@]1(N=[N+]=[N-])O[C@@H](n2cc(C)c(=O)[nH]c2=O)[C@H](O)[C@@H]1O)Oc1ccccc1. The summed E-state index contributed by atoms with van der Waals surface area (Å²) in [5, 5.41) is 27.3. The Morgan fingerprint density at radius 3 is 2.68 bits per heavy atom. The fourth-order valence-electron chi connectivity index (χ4n) is 3.52.